The van der Waals surface area contributed by atoms with Gasteiger partial charge in [-0.25, -0.2) is 4.79 Å². The Morgan fingerprint density at radius 1 is 1.47 bits per heavy atom. The first kappa shape index (κ1) is 12.0. The van der Waals surface area contributed by atoms with Gasteiger partial charge in [0.15, 0.2) is 0 Å². The van der Waals surface area contributed by atoms with E-state index < -0.39 is 5.97 Å². The first-order chi connectivity index (χ1) is 6.93. The van der Waals surface area contributed by atoms with E-state index in [-0.39, 0.29) is 11.7 Å². The highest BCUT2D eigenvalue weighted by Crippen LogP contribution is 2.31. The molecule has 4 heteroatoms. The summed E-state index contributed by atoms with van der Waals surface area (Å²) in [4.78, 5) is 11.1. The van der Waals surface area contributed by atoms with Crippen LogP contribution in [0.3, 0.4) is 0 Å². The molecule has 1 rings (SSSR count). The highest BCUT2D eigenvalue weighted by atomic mass is 79.9. The highest BCUT2D eigenvalue weighted by Gasteiger charge is 2.18. The van der Waals surface area contributed by atoms with Gasteiger partial charge in [0.1, 0.15) is 11.3 Å². The molecule has 0 bridgehead atoms. The molecule has 0 amide bonds. The molecule has 1 aromatic rings. The monoisotopic (exact) mass is 272 g/mol. The van der Waals surface area contributed by atoms with Gasteiger partial charge in [0.2, 0.25) is 0 Å². The Morgan fingerprint density at radius 2 is 2.07 bits per heavy atom. The minimum atomic E-state index is -0.985. The van der Waals surface area contributed by atoms with Crippen LogP contribution in [0.1, 0.15) is 29.8 Å². The lowest BCUT2D eigenvalue weighted by Gasteiger charge is -2.15. The van der Waals surface area contributed by atoms with Crippen molar-refractivity contribution in [1.29, 1.82) is 0 Å². The Bertz CT molecular complexity index is 386. The first-order valence-corrected chi connectivity index (χ1v) is 5.41. The molecule has 15 heavy (non-hydrogen) atoms. The van der Waals surface area contributed by atoms with Crippen LogP contribution < -0.4 is 4.74 Å². The van der Waals surface area contributed by atoms with Crippen LogP contribution in [-0.2, 0) is 0 Å². The summed E-state index contributed by atoms with van der Waals surface area (Å²) in [6.45, 7) is 5.56. The van der Waals surface area contributed by atoms with Crippen LogP contribution in [0.5, 0.6) is 5.75 Å². The third-order valence-electron chi connectivity index (χ3n) is 1.87. The van der Waals surface area contributed by atoms with Crippen LogP contribution in [0, 0.1) is 6.92 Å². The number of benzene rings is 1. The maximum Gasteiger partial charge on any atom is 0.340 e. The van der Waals surface area contributed by atoms with Crippen molar-refractivity contribution in [3.05, 3.63) is 27.7 Å². The third-order valence-corrected chi connectivity index (χ3v) is 2.53. The number of carboxylic acid groups (broad SMARTS) is 1. The van der Waals surface area contributed by atoms with Crippen molar-refractivity contribution >= 4 is 21.9 Å². The highest BCUT2D eigenvalue weighted by molar-refractivity contribution is 9.10. The number of rotatable bonds is 3. The Balaban J connectivity index is 3.31. The molecule has 0 heterocycles. The number of ether oxygens (including phenoxy) is 1. The van der Waals surface area contributed by atoms with Crippen molar-refractivity contribution in [3.8, 4) is 5.75 Å². The fraction of sp³-hybridized carbons (Fsp3) is 0.364. The second kappa shape index (κ2) is 4.66. The molecule has 0 atom stereocenters. The van der Waals surface area contributed by atoms with Crippen LogP contribution in [0.15, 0.2) is 16.6 Å². The number of hydrogen-bond acceptors (Lipinski definition) is 2. The van der Waals surface area contributed by atoms with E-state index in [0.29, 0.717) is 10.2 Å². The predicted octanol–water partition coefficient (Wildman–Crippen LogP) is 3.24. The molecule has 0 saturated carbocycles. The minimum absolute atomic E-state index is 0.0453. The Morgan fingerprint density at radius 3 is 2.53 bits per heavy atom. The van der Waals surface area contributed by atoms with Crippen LogP contribution in [0.25, 0.3) is 0 Å². The van der Waals surface area contributed by atoms with Gasteiger partial charge in [-0.3, -0.25) is 0 Å². The topological polar surface area (TPSA) is 46.5 Å². The zero-order valence-electron chi connectivity index (χ0n) is 8.87. The molecule has 0 fully saturated rings. The van der Waals surface area contributed by atoms with Gasteiger partial charge >= 0.3 is 5.97 Å². The molecule has 1 aromatic carbocycles. The summed E-state index contributed by atoms with van der Waals surface area (Å²) in [7, 11) is 0. The molecule has 0 saturated heterocycles. The first-order valence-electron chi connectivity index (χ1n) is 4.62. The quantitative estimate of drug-likeness (QED) is 0.919. The molecule has 0 aliphatic heterocycles. The maximum absolute atomic E-state index is 11.1. The van der Waals surface area contributed by atoms with Crippen molar-refractivity contribution in [1.82, 2.24) is 0 Å². The Kier molecular flexibility index (Phi) is 3.74. The lowest BCUT2D eigenvalue weighted by molar-refractivity contribution is 0.0689. The SMILES string of the molecule is Cc1ccc(Br)c(C(=O)O)c1OC(C)C. The predicted molar refractivity (Wildman–Crippen MR) is 61.6 cm³/mol. The summed E-state index contributed by atoms with van der Waals surface area (Å²) in [5.41, 5.74) is 1.01. The summed E-state index contributed by atoms with van der Waals surface area (Å²) < 4.78 is 6.05. The summed E-state index contributed by atoms with van der Waals surface area (Å²) in [5.74, 6) is -0.548. The lowest BCUT2D eigenvalue weighted by Crippen LogP contribution is -2.11. The second-order valence-corrected chi connectivity index (χ2v) is 4.39. The van der Waals surface area contributed by atoms with Gasteiger partial charge in [-0.15, -0.1) is 0 Å². The number of carboxylic acids is 1. The van der Waals surface area contributed by atoms with E-state index in [1.165, 1.54) is 0 Å². The molecule has 3 nitrogen and oxygen atoms in total. The Labute approximate surface area is 97.2 Å². The van der Waals surface area contributed by atoms with Gasteiger partial charge in [0.05, 0.1) is 6.10 Å². The molecular weight excluding hydrogens is 260 g/mol. The molecule has 0 aliphatic carbocycles. The molecule has 0 unspecified atom stereocenters. The normalized spacial score (nSPS) is 10.5. The van der Waals surface area contributed by atoms with Crippen LogP contribution >= 0.6 is 15.9 Å². The largest absolute Gasteiger partial charge is 0.490 e. The molecule has 0 aromatic heterocycles. The number of aryl methyl sites for hydroxylation is 1. The lowest BCUT2D eigenvalue weighted by atomic mass is 10.1. The van der Waals surface area contributed by atoms with Gasteiger partial charge < -0.3 is 9.84 Å². The van der Waals surface area contributed by atoms with Gasteiger partial charge in [0.25, 0.3) is 0 Å². The van der Waals surface area contributed by atoms with Gasteiger partial charge in [-0.2, -0.15) is 0 Å². The number of carbonyl (C=O) groups is 1. The molecule has 0 aliphatic rings. The maximum atomic E-state index is 11.1. The van der Waals surface area contributed by atoms with E-state index in [1.807, 2.05) is 26.8 Å². The van der Waals surface area contributed by atoms with E-state index in [2.05, 4.69) is 15.9 Å². The summed E-state index contributed by atoms with van der Waals surface area (Å²) in [5, 5.41) is 9.07. The van der Waals surface area contributed by atoms with Crippen LogP contribution in [-0.4, -0.2) is 17.2 Å². The van der Waals surface area contributed by atoms with E-state index in [0.717, 1.165) is 5.56 Å². The van der Waals surface area contributed by atoms with Gasteiger partial charge in [-0.1, -0.05) is 6.07 Å². The second-order valence-electron chi connectivity index (χ2n) is 3.54. The standard InChI is InChI=1S/C11H13BrO3/c1-6(2)15-10-7(3)4-5-8(12)9(10)11(13)14/h4-6H,1-3H3,(H,13,14). The van der Waals surface area contributed by atoms with Crippen molar-refractivity contribution < 1.29 is 14.6 Å². The zero-order valence-corrected chi connectivity index (χ0v) is 10.5. The summed E-state index contributed by atoms with van der Waals surface area (Å²) >= 11 is 3.21. The minimum Gasteiger partial charge on any atom is -0.490 e. The van der Waals surface area contributed by atoms with Crippen molar-refractivity contribution in [3.63, 3.8) is 0 Å². The number of aromatic carboxylic acids is 1. The van der Waals surface area contributed by atoms with E-state index >= 15 is 0 Å². The molecule has 0 radical (unpaired) electrons. The molecular formula is C11H13BrO3. The van der Waals surface area contributed by atoms with Crippen LogP contribution in [0.4, 0.5) is 0 Å². The fourth-order valence-electron chi connectivity index (χ4n) is 1.25. The van der Waals surface area contributed by atoms with Gasteiger partial charge in [0, 0.05) is 4.47 Å². The third kappa shape index (κ3) is 2.72. The van der Waals surface area contributed by atoms with E-state index in [9.17, 15) is 4.79 Å². The summed E-state index contributed by atoms with van der Waals surface area (Å²) in [6, 6.07) is 3.54. The van der Waals surface area contributed by atoms with Gasteiger partial charge in [-0.05, 0) is 48.3 Å². The average molecular weight is 273 g/mol. The molecule has 1 N–H and O–H groups in total. The van der Waals surface area contributed by atoms with Crippen molar-refractivity contribution in [2.45, 2.75) is 26.9 Å². The smallest absolute Gasteiger partial charge is 0.340 e. The Hall–Kier alpha value is -1.03. The van der Waals surface area contributed by atoms with E-state index in [1.54, 1.807) is 6.07 Å². The fourth-order valence-corrected chi connectivity index (χ4v) is 1.73. The van der Waals surface area contributed by atoms with Crippen molar-refractivity contribution in [2.24, 2.45) is 0 Å². The van der Waals surface area contributed by atoms with Crippen LogP contribution in [0.2, 0.25) is 0 Å². The number of hydrogen-bond donors (Lipinski definition) is 1. The van der Waals surface area contributed by atoms with E-state index in [4.69, 9.17) is 9.84 Å². The average Bonchev–Trinajstić information content (AvgIpc) is 2.10. The number of halogens is 1. The summed E-state index contributed by atoms with van der Waals surface area (Å²) in [6.07, 6.45) is -0.0453. The molecule has 0 spiro atoms. The zero-order chi connectivity index (χ0) is 11.6. The van der Waals surface area contributed by atoms with Crippen molar-refractivity contribution in [2.75, 3.05) is 0 Å². The molecule has 82 valence electrons.